The number of carbonyl (C=O) groups excluding carboxylic acids is 1. The zero-order chi connectivity index (χ0) is 18.7. The normalized spacial score (nSPS) is 15.2. The molecule has 1 aliphatic heterocycles. The fourth-order valence-electron chi connectivity index (χ4n) is 3.15. The third kappa shape index (κ3) is 4.34. The lowest BCUT2D eigenvalue weighted by atomic mass is 10.1. The van der Waals surface area contributed by atoms with Gasteiger partial charge in [0.25, 0.3) is 5.91 Å². The maximum Gasteiger partial charge on any atom is 0.254 e. The van der Waals surface area contributed by atoms with Gasteiger partial charge in [-0.15, -0.1) is 0 Å². The molecule has 0 bridgehead atoms. The highest BCUT2D eigenvalue weighted by atomic mass is 35.5. The minimum atomic E-state index is -0.350. The van der Waals surface area contributed by atoms with E-state index in [1.54, 1.807) is 30.1 Å². The van der Waals surface area contributed by atoms with Crippen molar-refractivity contribution in [1.29, 1.82) is 0 Å². The van der Waals surface area contributed by atoms with E-state index in [0.717, 1.165) is 31.7 Å². The van der Waals surface area contributed by atoms with Crippen LogP contribution in [0.25, 0.3) is 0 Å². The van der Waals surface area contributed by atoms with Crippen LogP contribution in [0.2, 0.25) is 5.02 Å². The first-order valence-electron chi connectivity index (χ1n) is 8.67. The van der Waals surface area contributed by atoms with Gasteiger partial charge >= 0.3 is 0 Å². The summed E-state index contributed by atoms with van der Waals surface area (Å²) in [5.74, 6) is -0.564. The summed E-state index contributed by atoms with van der Waals surface area (Å²) in [6.45, 7) is 3.80. The van der Waals surface area contributed by atoms with Crippen molar-refractivity contribution in [1.82, 2.24) is 9.80 Å². The number of piperazine rings is 1. The SMILES string of the molecule is CN1CCN(c2ccc(C(=O)N(C)Cc3cccc(Cl)c3)cc2F)CC1. The van der Waals surface area contributed by atoms with E-state index < -0.39 is 0 Å². The molecule has 26 heavy (non-hydrogen) atoms. The van der Waals surface area contributed by atoms with Crippen LogP contribution in [0.4, 0.5) is 10.1 Å². The summed E-state index contributed by atoms with van der Waals surface area (Å²) in [7, 11) is 3.76. The molecule has 0 N–H and O–H groups in total. The van der Waals surface area contributed by atoms with Crippen LogP contribution in [0.15, 0.2) is 42.5 Å². The number of benzene rings is 2. The van der Waals surface area contributed by atoms with Crippen molar-refractivity contribution in [3.05, 3.63) is 64.4 Å². The molecule has 0 spiro atoms. The topological polar surface area (TPSA) is 26.8 Å². The van der Waals surface area contributed by atoms with Crippen LogP contribution in [0, 0.1) is 5.82 Å². The van der Waals surface area contributed by atoms with Gasteiger partial charge in [0.05, 0.1) is 5.69 Å². The van der Waals surface area contributed by atoms with Gasteiger partial charge in [-0.05, 0) is 42.9 Å². The molecule has 0 aromatic heterocycles. The summed E-state index contributed by atoms with van der Waals surface area (Å²) < 4.78 is 14.6. The molecule has 0 unspecified atom stereocenters. The van der Waals surface area contributed by atoms with E-state index in [0.29, 0.717) is 22.8 Å². The number of carbonyl (C=O) groups is 1. The number of likely N-dealkylation sites (N-methyl/N-ethyl adjacent to an activating group) is 1. The van der Waals surface area contributed by atoms with Crippen molar-refractivity contribution in [2.45, 2.75) is 6.54 Å². The Bertz CT molecular complexity index is 790. The van der Waals surface area contributed by atoms with Crippen LogP contribution in [-0.4, -0.2) is 56.0 Å². The zero-order valence-electron chi connectivity index (χ0n) is 15.1. The highest BCUT2D eigenvalue weighted by Gasteiger charge is 2.19. The monoisotopic (exact) mass is 375 g/mol. The van der Waals surface area contributed by atoms with Crippen molar-refractivity contribution in [2.24, 2.45) is 0 Å². The van der Waals surface area contributed by atoms with Crippen LogP contribution >= 0.6 is 11.6 Å². The predicted octanol–water partition coefficient (Wildman–Crippen LogP) is 3.50. The molecule has 138 valence electrons. The van der Waals surface area contributed by atoms with Gasteiger partial charge in [0.15, 0.2) is 0 Å². The standard InChI is InChI=1S/C20H23ClFN3O/c1-23-8-10-25(11-9-23)19-7-6-16(13-18(19)22)20(26)24(2)14-15-4-3-5-17(21)12-15/h3-7,12-13H,8-11,14H2,1-2H3. The van der Waals surface area contributed by atoms with Crippen LogP contribution in [0.5, 0.6) is 0 Å². The fourth-order valence-corrected chi connectivity index (χ4v) is 3.36. The molecular weight excluding hydrogens is 353 g/mol. The van der Waals surface area contributed by atoms with Crippen molar-refractivity contribution < 1.29 is 9.18 Å². The Labute approximate surface area is 158 Å². The smallest absolute Gasteiger partial charge is 0.254 e. The number of amides is 1. The first kappa shape index (κ1) is 18.7. The first-order chi connectivity index (χ1) is 12.4. The Balaban J connectivity index is 1.70. The average molecular weight is 376 g/mol. The molecule has 2 aromatic rings. The average Bonchev–Trinajstić information content (AvgIpc) is 2.62. The van der Waals surface area contributed by atoms with Gasteiger partial charge in [-0.3, -0.25) is 4.79 Å². The van der Waals surface area contributed by atoms with Crippen LogP contribution in [0.1, 0.15) is 15.9 Å². The summed E-state index contributed by atoms with van der Waals surface area (Å²) in [4.78, 5) is 18.4. The van der Waals surface area contributed by atoms with Gasteiger partial charge in [0.1, 0.15) is 5.82 Å². The summed E-state index contributed by atoms with van der Waals surface area (Å²) in [5.41, 5.74) is 1.85. The highest BCUT2D eigenvalue weighted by molar-refractivity contribution is 6.30. The molecule has 1 aliphatic rings. The van der Waals surface area contributed by atoms with Gasteiger partial charge in [0.2, 0.25) is 0 Å². The molecule has 4 nitrogen and oxygen atoms in total. The third-order valence-electron chi connectivity index (χ3n) is 4.69. The summed E-state index contributed by atoms with van der Waals surface area (Å²) >= 11 is 5.99. The summed E-state index contributed by atoms with van der Waals surface area (Å²) in [6, 6.07) is 12.1. The Morgan fingerprint density at radius 2 is 1.88 bits per heavy atom. The number of hydrogen-bond donors (Lipinski definition) is 0. The Hall–Kier alpha value is -2.11. The summed E-state index contributed by atoms with van der Waals surface area (Å²) in [5, 5.41) is 0.630. The lowest BCUT2D eigenvalue weighted by Gasteiger charge is -2.34. The van der Waals surface area contributed by atoms with E-state index >= 15 is 0 Å². The molecule has 1 saturated heterocycles. The Kier molecular flexibility index (Phi) is 5.79. The number of nitrogens with zero attached hydrogens (tertiary/aromatic N) is 3. The summed E-state index contributed by atoms with van der Waals surface area (Å²) in [6.07, 6.45) is 0. The molecule has 0 aliphatic carbocycles. The quantitative estimate of drug-likeness (QED) is 0.818. The molecule has 1 heterocycles. The van der Waals surface area contributed by atoms with Gasteiger partial charge in [-0.1, -0.05) is 23.7 Å². The number of halogens is 2. The second-order valence-corrected chi connectivity index (χ2v) is 7.18. The first-order valence-corrected chi connectivity index (χ1v) is 9.05. The molecule has 1 amide bonds. The number of rotatable bonds is 4. The maximum atomic E-state index is 14.6. The lowest BCUT2D eigenvalue weighted by molar-refractivity contribution is 0.0784. The van der Waals surface area contributed by atoms with Crippen molar-refractivity contribution in [3.8, 4) is 0 Å². The molecular formula is C20H23ClFN3O. The van der Waals surface area contributed by atoms with Crippen molar-refractivity contribution in [2.75, 3.05) is 45.2 Å². The Morgan fingerprint density at radius 1 is 1.15 bits per heavy atom. The Morgan fingerprint density at radius 3 is 2.54 bits per heavy atom. The van der Waals surface area contributed by atoms with Gasteiger partial charge in [-0.25, -0.2) is 4.39 Å². The molecule has 0 atom stereocenters. The molecule has 6 heteroatoms. The minimum absolute atomic E-state index is 0.214. The molecule has 0 saturated carbocycles. The van der Waals surface area contributed by atoms with E-state index in [-0.39, 0.29) is 11.7 Å². The van der Waals surface area contributed by atoms with Gasteiger partial charge in [-0.2, -0.15) is 0 Å². The lowest BCUT2D eigenvalue weighted by Crippen LogP contribution is -2.44. The van der Waals surface area contributed by atoms with Crippen LogP contribution < -0.4 is 4.90 Å². The predicted molar refractivity (Wildman–Crippen MR) is 103 cm³/mol. The fraction of sp³-hybridized carbons (Fsp3) is 0.350. The third-order valence-corrected chi connectivity index (χ3v) is 4.93. The number of anilines is 1. The zero-order valence-corrected chi connectivity index (χ0v) is 15.8. The van der Waals surface area contributed by atoms with Crippen LogP contribution in [0.3, 0.4) is 0 Å². The van der Waals surface area contributed by atoms with E-state index in [1.807, 2.05) is 23.1 Å². The number of hydrogen-bond acceptors (Lipinski definition) is 3. The van der Waals surface area contributed by atoms with E-state index in [4.69, 9.17) is 11.6 Å². The van der Waals surface area contributed by atoms with Crippen molar-refractivity contribution >= 4 is 23.2 Å². The maximum absolute atomic E-state index is 14.6. The molecule has 0 radical (unpaired) electrons. The van der Waals surface area contributed by atoms with E-state index in [1.165, 1.54) is 6.07 Å². The second-order valence-electron chi connectivity index (χ2n) is 6.75. The molecule has 3 rings (SSSR count). The highest BCUT2D eigenvalue weighted by Crippen LogP contribution is 2.23. The van der Waals surface area contributed by atoms with E-state index in [2.05, 4.69) is 11.9 Å². The molecule has 1 fully saturated rings. The molecule has 2 aromatic carbocycles. The van der Waals surface area contributed by atoms with Gasteiger partial charge in [0, 0.05) is 50.4 Å². The second kappa shape index (κ2) is 8.06. The van der Waals surface area contributed by atoms with E-state index in [9.17, 15) is 9.18 Å². The largest absolute Gasteiger partial charge is 0.367 e. The van der Waals surface area contributed by atoms with Gasteiger partial charge < -0.3 is 14.7 Å². The van der Waals surface area contributed by atoms with Crippen molar-refractivity contribution in [3.63, 3.8) is 0 Å². The minimum Gasteiger partial charge on any atom is -0.367 e. The van der Waals surface area contributed by atoms with Crippen LogP contribution in [-0.2, 0) is 6.54 Å².